The number of hydrazine groups is 1. The van der Waals surface area contributed by atoms with E-state index in [0.29, 0.717) is 18.0 Å². The highest BCUT2D eigenvalue weighted by Crippen LogP contribution is 2.11. The molecule has 3 amide bonds. The maximum Gasteiger partial charge on any atom is 0.251 e. The fraction of sp³-hybridized carbons (Fsp3) is 0.357. The molecule has 0 spiro atoms. The summed E-state index contributed by atoms with van der Waals surface area (Å²) >= 11 is 5.79. The van der Waals surface area contributed by atoms with Gasteiger partial charge >= 0.3 is 0 Å². The third kappa shape index (κ3) is 4.46. The van der Waals surface area contributed by atoms with Crippen LogP contribution in [0.4, 0.5) is 0 Å². The minimum absolute atomic E-state index is 0.145. The quantitative estimate of drug-likeness (QED) is 0.671. The van der Waals surface area contributed by atoms with Gasteiger partial charge in [0.15, 0.2) is 0 Å². The minimum Gasteiger partial charge on any atom is -0.356 e. The van der Waals surface area contributed by atoms with Crippen LogP contribution in [0.3, 0.4) is 0 Å². The van der Waals surface area contributed by atoms with E-state index >= 15 is 0 Å². The van der Waals surface area contributed by atoms with E-state index in [1.54, 1.807) is 12.1 Å². The van der Waals surface area contributed by atoms with Gasteiger partial charge in [-0.15, -0.1) is 0 Å². The highest BCUT2D eigenvalue weighted by Gasteiger charge is 2.32. The first kappa shape index (κ1) is 15.3. The smallest absolute Gasteiger partial charge is 0.251 e. The van der Waals surface area contributed by atoms with Crippen LogP contribution in [0.5, 0.6) is 0 Å². The zero-order valence-corrected chi connectivity index (χ0v) is 12.1. The molecule has 1 aliphatic heterocycles. The Balaban J connectivity index is 1.67. The molecule has 0 unspecified atom stereocenters. The molecule has 0 radical (unpaired) electrons. The number of benzene rings is 1. The molecule has 0 bridgehead atoms. The first-order valence-electron chi connectivity index (χ1n) is 6.67. The lowest BCUT2D eigenvalue weighted by Gasteiger charge is -2.07. The molecular weight excluding hydrogens is 294 g/mol. The number of carbonyl (C=O) groups excluding carboxylic acids is 3. The van der Waals surface area contributed by atoms with Crippen molar-refractivity contribution in [1.82, 2.24) is 16.2 Å². The van der Waals surface area contributed by atoms with Crippen LogP contribution in [0, 0.1) is 5.92 Å². The lowest BCUT2D eigenvalue weighted by Crippen LogP contribution is -2.28. The van der Waals surface area contributed by atoms with Gasteiger partial charge in [0.2, 0.25) is 5.91 Å². The van der Waals surface area contributed by atoms with Crippen molar-refractivity contribution in [2.24, 2.45) is 5.92 Å². The number of nitrogens with one attached hydrogen (secondary N) is 3. The van der Waals surface area contributed by atoms with Gasteiger partial charge < -0.3 is 5.32 Å². The normalized spacial score (nSPS) is 14.7. The molecular formula is C14H16ClN3O3. The highest BCUT2D eigenvalue weighted by atomic mass is 35.5. The van der Waals surface area contributed by atoms with Gasteiger partial charge in [-0.25, -0.2) is 0 Å². The van der Waals surface area contributed by atoms with Gasteiger partial charge in [0.25, 0.3) is 11.8 Å². The topological polar surface area (TPSA) is 87.3 Å². The van der Waals surface area contributed by atoms with Crippen molar-refractivity contribution in [3.05, 3.63) is 34.9 Å². The van der Waals surface area contributed by atoms with Crippen LogP contribution in [0.15, 0.2) is 24.3 Å². The molecule has 7 heteroatoms. The van der Waals surface area contributed by atoms with Crippen molar-refractivity contribution in [2.75, 3.05) is 6.54 Å². The second kappa shape index (κ2) is 7.08. The predicted octanol–water partition coefficient (Wildman–Crippen LogP) is 0.556. The summed E-state index contributed by atoms with van der Waals surface area (Å²) in [6.07, 6.45) is 1.06. The van der Waals surface area contributed by atoms with Crippen LogP contribution in [0.2, 0.25) is 5.02 Å². The molecule has 1 fully saturated rings. The van der Waals surface area contributed by atoms with Gasteiger partial charge in [-0.2, -0.15) is 0 Å². The summed E-state index contributed by atoms with van der Waals surface area (Å²) in [5.41, 5.74) is 5.54. The van der Waals surface area contributed by atoms with E-state index in [4.69, 9.17) is 11.6 Å². The van der Waals surface area contributed by atoms with Crippen molar-refractivity contribution in [1.29, 1.82) is 0 Å². The van der Waals surface area contributed by atoms with E-state index in [1.165, 1.54) is 0 Å². The molecule has 1 aromatic rings. The summed E-state index contributed by atoms with van der Waals surface area (Å²) in [6, 6.07) is 7.41. The molecule has 21 heavy (non-hydrogen) atoms. The van der Waals surface area contributed by atoms with Gasteiger partial charge in [0.05, 0.1) is 0 Å². The number of hydrogen-bond acceptors (Lipinski definition) is 3. The number of rotatable bonds is 6. The van der Waals surface area contributed by atoms with Gasteiger partial charge in [0.1, 0.15) is 5.92 Å². The van der Waals surface area contributed by atoms with Crippen molar-refractivity contribution in [2.45, 2.75) is 19.3 Å². The van der Waals surface area contributed by atoms with E-state index in [2.05, 4.69) is 16.2 Å². The Hall–Kier alpha value is -2.08. The minimum atomic E-state index is -0.771. The second-order valence-corrected chi connectivity index (χ2v) is 5.23. The fourth-order valence-corrected chi connectivity index (χ4v) is 2.17. The Kier molecular flexibility index (Phi) is 5.16. The lowest BCUT2D eigenvalue weighted by molar-refractivity contribution is -0.128. The number of halogens is 1. The molecule has 0 atom stereocenters. The van der Waals surface area contributed by atoms with Gasteiger partial charge in [0, 0.05) is 18.0 Å². The lowest BCUT2D eigenvalue weighted by atomic mass is 10.0. The molecule has 1 saturated heterocycles. The molecule has 0 saturated carbocycles. The average molecular weight is 310 g/mol. The standard InChI is InChI=1S/C14H16ClN3O3/c15-10-3-1-9(2-4-10)7-8-16-12(19)6-5-11-13(20)17-18-14(11)21/h1-4,11H,5-8H2,(H,16,19)(H,17,20)(H,18,21). The Morgan fingerprint density at radius 3 is 2.38 bits per heavy atom. The van der Waals surface area contributed by atoms with Crippen LogP contribution in [0.25, 0.3) is 0 Å². The molecule has 1 aliphatic rings. The summed E-state index contributed by atoms with van der Waals surface area (Å²) in [5.74, 6) is -1.70. The Bertz CT molecular complexity index is 529. The third-order valence-electron chi connectivity index (χ3n) is 3.25. The maximum absolute atomic E-state index is 11.7. The summed E-state index contributed by atoms with van der Waals surface area (Å²) in [7, 11) is 0. The average Bonchev–Trinajstić information content (AvgIpc) is 2.78. The molecule has 0 aromatic heterocycles. The second-order valence-electron chi connectivity index (χ2n) is 4.80. The molecule has 0 aliphatic carbocycles. The van der Waals surface area contributed by atoms with E-state index in [0.717, 1.165) is 5.56 Å². The summed E-state index contributed by atoms with van der Waals surface area (Å²) in [4.78, 5) is 34.2. The van der Waals surface area contributed by atoms with Crippen LogP contribution >= 0.6 is 11.6 Å². The van der Waals surface area contributed by atoms with Crippen LogP contribution < -0.4 is 16.2 Å². The molecule has 3 N–H and O–H groups in total. The number of carbonyl (C=O) groups is 3. The van der Waals surface area contributed by atoms with Gasteiger partial charge in [-0.3, -0.25) is 25.2 Å². The number of hydrogen-bond donors (Lipinski definition) is 3. The number of amides is 3. The summed E-state index contributed by atoms with van der Waals surface area (Å²) in [5, 5.41) is 3.44. The Morgan fingerprint density at radius 2 is 1.76 bits per heavy atom. The molecule has 112 valence electrons. The van der Waals surface area contributed by atoms with E-state index < -0.39 is 5.92 Å². The molecule has 2 rings (SSSR count). The van der Waals surface area contributed by atoms with E-state index in [1.807, 2.05) is 12.1 Å². The van der Waals surface area contributed by atoms with Crippen LogP contribution in [0.1, 0.15) is 18.4 Å². The maximum atomic E-state index is 11.7. The van der Waals surface area contributed by atoms with Crippen molar-refractivity contribution < 1.29 is 14.4 Å². The fourth-order valence-electron chi connectivity index (χ4n) is 2.04. The molecule has 6 nitrogen and oxygen atoms in total. The summed E-state index contributed by atoms with van der Waals surface area (Å²) in [6.45, 7) is 0.503. The largest absolute Gasteiger partial charge is 0.356 e. The highest BCUT2D eigenvalue weighted by molar-refractivity contribution is 6.30. The van der Waals surface area contributed by atoms with Crippen LogP contribution in [-0.2, 0) is 20.8 Å². The third-order valence-corrected chi connectivity index (χ3v) is 3.50. The first-order valence-corrected chi connectivity index (χ1v) is 7.05. The van der Waals surface area contributed by atoms with Crippen molar-refractivity contribution in [3.8, 4) is 0 Å². The van der Waals surface area contributed by atoms with E-state index in [9.17, 15) is 14.4 Å². The Morgan fingerprint density at radius 1 is 1.14 bits per heavy atom. The van der Waals surface area contributed by atoms with Gasteiger partial charge in [-0.1, -0.05) is 23.7 Å². The molecule has 1 heterocycles. The Labute approximate surface area is 127 Å². The first-order chi connectivity index (χ1) is 10.1. The monoisotopic (exact) mass is 309 g/mol. The van der Waals surface area contributed by atoms with Gasteiger partial charge in [-0.05, 0) is 30.5 Å². The van der Waals surface area contributed by atoms with Crippen LogP contribution in [-0.4, -0.2) is 24.3 Å². The SMILES string of the molecule is O=C(CCC1C(=O)NNC1=O)NCCc1ccc(Cl)cc1. The van der Waals surface area contributed by atoms with E-state index in [-0.39, 0.29) is 30.6 Å². The zero-order chi connectivity index (χ0) is 15.2. The zero-order valence-electron chi connectivity index (χ0n) is 11.3. The van der Waals surface area contributed by atoms with Crippen molar-refractivity contribution >= 4 is 29.3 Å². The molecule has 1 aromatic carbocycles. The van der Waals surface area contributed by atoms with Crippen molar-refractivity contribution in [3.63, 3.8) is 0 Å². The predicted molar refractivity (Wildman–Crippen MR) is 77.2 cm³/mol. The summed E-state index contributed by atoms with van der Waals surface area (Å²) < 4.78 is 0.